The van der Waals surface area contributed by atoms with Gasteiger partial charge in [0.25, 0.3) is 11.5 Å². The third-order valence-corrected chi connectivity index (χ3v) is 5.05. The molecule has 0 bridgehead atoms. The van der Waals surface area contributed by atoms with Gasteiger partial charge < -0.3 is 10.1 Å². The third kappa shape index (κ3) is 4.09. The number of amides is 1. The minimum absolute atomic E-state index is 0.179. The number of hydrogen-bond donors (Lipinski definition) is 2. The first-order valence-electron chi connectivity index (χ1n) is 9.57. The molecule has 8 nitrogen and oxygen atoms in total. The van der Waals surface area contributed by atoms with E-state index in [-0.39, 0.29) is 22.5 Å². The minimum atomic E-state index is -0.575. The van der Waals surface area contributed by atoms with Crippen molar-refractivity contribution in [2.75, 3.05) is 7.11 Å². The van der Waals surface area contributed by atoms with Gasteiger partial charge in [0.2, 0.25) is 0 Å². The Morgan fingerprint density at radius 2 is 1.71 bits per heavy atom. The number of aromatic amines is 1. The molecule has 4 aromatic rings. The Labute approximate surface area is 177 Å². The lowest BCUT2D eigenvalue weighted by Gasteiger charge is -2.08. The number of H-pyrrole nitrogens is 1. The molecular weight excluding hydrogens is 396 g/mol. The molecule has 0 spiro atoms. The van der Waals surface area contributed by atoms with Crippen molar-refractivity contribution in [1.82, 2.24) is 19.9 Å². The Hall–Kier alpha value is -4.20. The molecule has 0 fully saturated rings. The van der Waals surface area contributed by atoms with E-state index in [1.807, 2.05) is 48.5 Å². The number of ether oxygens (including phenoxy) is 1. The molecular formula is C23H20N4O4. The van der Waals surface area contributed by atoms with E-state index in [2.05, 4.69) is 15.3 Å². The molecule has 2 aromatic carbocycles. The van der Waals surface area contributed by atoms with E-state index in [0.717, 1.165) is 22.4 Å². The topological polar surface area (TPSA) is 106 Å². The van der Waals surface area contributed by atoms with Crippen LogP contribution in [-0.4, -0.2) is 27.6 Å². The van der Waals surface area contributed by atoms with Crippen LogP contribution in [0.25, 0.3) is 22.2 Å². The van der Waals surface area contributed by atoms with Gasteiger partial charge in [-0.05, 0) is 34.9 Å². The number of rotatable bonds is 5. The van der Waals surface area contributed by atoms with Crippen LogP contribution < -0.4 is 21.3 Å². The van der Waals surface area contributed by atoms with Gasteiger partial charge in [-0.15, -0.1) is 0 Å². The number of hydrogen-bond acceptors (Lipinski definition) is 5. The van der Waals surface area contributed by atoms with Gasteiger partial charge in [0.05, 0.1) is 18.1 Å². The predicted octanol–water partition coefficient (Wildman–Crippen LogP) is 2.23. The van der Waals surface area contributed by atoms with Crippen LogP contribution in [0, 0.1) is 0 Å². The van der Waals surface area contributed by atoms with E-state index < -0.39 is 11.2 Å². The summed E-state index contributed by atoms with van der Waals surface area (Å²) in [5.41, 5.74) is 2.39. The highest BCUT2D eigenvalue weighted by Crippen LogP contribution is 2.22. The maximum atomic E-state index is 12.5. The first kappa shape index (κ1) is 20.1. The van der Waals surface area contributed by atoms with Crippen molar-refractivity contribution in [3.8, 4) is 16.9 Å². The van der Waals surface area contributed by atoms with Crippen LogP contribution in [0.5, 0.6) is 5.75 Å². The maximum Gasteiger partial charge on any atom is 0.329 e. The second kappa shape index (κ2) is 8.27. The normalized spacial score (nSPS) is 10.8. The van der Waals surface area contributed by atoms with Crippen molar-refractivity contribution < 1.29 is 9.53 Å². The van der Waals surface area contributed by atoms with E-state index in [4.69, 9.17) is 4.74 Å². The number of carbonyl (C=O) groups is 1. The van der Waals surface area contributed by atoms with Crippen molar-refractivity contribution in [3.05, 3.63) is 92.8 Å². The van der Waals surface area contributed by atoms with E-state index in [1.165, 1.54) is 23.9 Å². The van der Waals surface area contributed by atoms with Gasteiger partial charge in [0.1, 0.15) is 11.4 Å². The molecule has 2 heterocycles. The summed E-state index contributed by atoms with van der Waals surface area (Å²) in [6.07, 6.45) is 1.35. The fourth-order valence-corrected chi connectivity index (χ4v) is 3.24. The molecule has 0 saturated carbocycles. The number of fused-ring (bicyclic) bond motifs is 1. The summed E-state index contributed by atoms with van der Waals surface area (Å²) in [5, 5.41) is 3.00. The lowest BCUT2D eigenvalue weighted by atomic mass is 10.0. The summed E-state index contributed by atoms with van der Waals surface area (Å²) in [5.74, 6) is 0.442. The first-order chi connectivity index (χ1) is 15.0. The maximum absolute atomic E-state index is 12.5. The lowest BCUT2D eigenvalue weighted by molar-refractivity contribution is 0.0950. The monoisotopic (exact) mass is 416 g/mol. The van der Waals surface area contributed by atoms with Gasteiger partial charge in [-0.2, -0.15) is 0 Å². The summed E-state index contributed by atoms with van der Waals surface area (Å²) >= 11 is 0. The van der Waals surface area contributed by atoms with Crippen molar-refractivity contribution >= 4 is 16.9 Å². The fraction of sp³-hybridized carbons (Fsp3) is 0.130. The Morgan fingerprint density at radius 1 is 1.06 bits per heavy atom. The van der Waals surface area contributed by atoms with Crippen LogP contribution in [0.1, 0.15) is 15.9 Å². The fourth-order valence-electron chi connectivity index (χ4n) is 3.24. The van der Waals surface area contributed by atoms with Crippen molar-refractivity contribution in [3.63, 3.8) is 0 Å². The number of pyridine rings is 1. The molecule has 0 unspecified atom stereocenters. The van der Waals surface area contributed by atoms with E-state index in [1.54, 1.807) is 7.11 Å². The molecule has 31 heavy (non-hydrogen) atoms. The molecule has 156 valence electrons. The van der Waals surface area contributed by atoms with Gasteiger partial charge in [-0.25, -0.2) is 9.78 Å². The quantitative estimate of drug-likeness (QED) is 0.519. The van der Waals surface area contributed by atoms with Gasteiger partial charge in [-0.1, -0.05) is 36.4 Å². The van der Waals surface area contributed by atoms with E-state index in [0.29, 0.717) is 6.54 Å². The molecule has 0 aliphatic heterocycles. The Kier molecular flexibility index (Phi) is 5.36. The zero-order valence-electron chi connectivity index (χ0n) is 17.0. The molecule has 0 atom stereocenters. The molecule has 0 saturated heterocycles. The Balaban J connectivity index is 1.47. The molecule has 2 aromatic heterocycles. The number of nitrogens with zero attached hydrogens (tertiary/aromatic N) is 2. The molecule has 2 N–H and O–H groups in total. The highest BCUT2D eigenvalue weighted by atomic mass is 16.5. The van der Waals surface area contributed by atoms with Crippen LogP contribution in [0.2, 0.25) is 0 Å². The summed E-state index contributed by atoms with van der Waals surface area (Å²) in [6.45, 7) is 0.323. The summed E-state index contributed by atoms with van der Waals surface area (Å²) in [7, 11) is 3.13. The summed E-state index contributed by atoms with van der Waals surface area (Å²) < 4.78 is 6.40. The highest BCUT2D eigenvalue weighted by molar-refractivity contribution is 5.96. The third-order valence-electron chi connectivity index (χ3n) is 5.05. The van der Waals surface area contributed by atoms with Crippen LogP contribution in [0.3, 0.4) is 0 Å². The second-order valence-electron chi connectivity index (χ2n) is 7.02. The number of benzene rings is 2. The van der Waals surface area contributed by atoms with Crippen LogP contribution in [-0.2, 0) is 13.6 Å². The van der Waals surface area contributed by atoms with Crippen molar-refractivity contribution in [1.29, 1.82) is 0 Å². The molecule has 8 heteroatoms. The second-order valence-corrected chi connectivity index (χ2v) is 7.02. The summed E-state index contributed by atoms with van der Waals surface area (Å²) in [6, 6.07) is 17.1. The van der Waals surface area contributed by atoms with Crippen LogP contribution >= 0.6 is 0 Å². The standard InChI is InChI=1S/C23H20N4O4/c1-27-20-19(22(29)26-23(27)30)11-17(13-24-20)21(28)25-12-14-3-5-15(6-4-14)16-7-9-18(31-2)10-8-16/h3-11,13H,12H2,1-2H3,(H,25,28)(H,26,29,30). The smallest absolute Gasteiger partial charge is 0.329 e. The first-order valence-corrected chi connectivity index (χ1v) is 9.57. The SMILES string of the molecule is COc1ccc(-c2ccc(CNC(=O)c3cnc4c(c3)c(=O)[nH]c(=O)n4C)cc2)cc1. The highest BCUT2D eigenvalue weighted by Gasteiger charge is 2.11. The Morgan fingerprint density at radius 3 is 2.35 bits per heavy atom. The summed E-state index contributed by atoms with van der Waals surface area (Å²) in [4.78, 5) is 42.5. The van der Waals surface area contributed by atoms with Gasteiger partial charge >= 0.3 is 5.69 Å². The zero-order chi connectivity index (χ0) is 22.0. The molecule has 1 amide bonds. The van der Waals surface area contributed by atoms with Crippen molar-refractivity contribution in [2.45, 2.75) is 6.54 Å². The predicted molar refractivity (Wildman–Crippen MR) is 117 cm³/mol. The molecule has 0 radical (unpaired) electrons. The molecule has 4 rings (SSSR count). The van der Waals surface area contributed by atoms with Gasteiger partial charge in [0.15, 0.2) is 0 Å². The van der Waals surface area contributed by atoms with Crippen LogP contribution in [0.4, 0.5) is 0 Å². The average Bonchev–Trinajstić information content (AvgIpc) is 2.81. The Bertz CT molecular complexity index is 1370. The average molecular weight is 416 g/mol. The minimum Gasteiger partial charge on any atom is -0.497 e. The lowest BCUT2D eigenvalue weighted by Crippen LogP contribution is -2.29. The van der Waals surface area contributed by atoms with Gasteiger partial charge in [0, 0.05) is 19.8 Å². The largest absolute Gasteiger partial charge is 0.497 e. The number of aromatic nitrogens is 3. The number of nitrogens with one attached hydrogen (secondary N) is 2. The molecule has 0 aliphatic rings. The van der Waals surface area contributed by atoms with E-state index in [9.17, 15) is 14.4 Å². The van der Waals surface area contributed by atoms with Crippen molar-refractivity contribution in [2.24, 2.45) is 7.05 Å². The van der Waals surface area contributed by atoms with Gasteiger partial charge in [-0.3, -0.25) is 19.1 Å². The number of carbonyl (C=O) groups excluding carboxylic acids is 1. The number of methoxy groups -OCH3 is 1. The van der Waals surface area contributed by atoms with Crippen LogP contribution in [0.15, 0.2) is 70.4 Å². The number of aryl methyl sites for hydroxylation is 1. The zero-order valence-corrected chi connectivity index (χ0v) is 17.0. The molecule has 0 aliphatic carbocycles. The van der Waals surface area contributed by atoms with E-state index >= 15 is 0 Å².